The maximum Gasteiger partial charge on any atom is 0.294 e. The van der Waals surface area contributed by atoms with Gasteiger partial charge in [0, 0.05) is 25.7 Å². The lowest BCUT2D eigenvalue weighted by atomic mass is 9.83. The minimum absolute atomic E-state index is 0.0169. The molecule has 5 fully saturated rings. The summed E-state index contributed by atoms with van der Waals surface area (Å²) in [5.74, 6) is -5.61. The predicted molar refractivity (Wildman–Crippen MR) is 192 cm³/mol. The number of hydrogen-bond donors (Lipinski definition) is 16. The molecule has 0 bridgehead atoms. The molecular weight excluding hydrogens is 786 g/mol. The Kier molecular flexibility index (Phi) is 16.5. The van der Waals surface area contributed by atoms with Crippen LogP contribution in [0, 0.1) is 0 Å². The van der Waals surface area contributed by atoms with E-state index in [0.717, 1.165) is 0 Å². The van der Waals surface area contributed by atoms with Gasteiger partial charge in [0.15, 0.2) is 25.0 Å². The van der Waals surface area contributed by atoms with Crippen molar-refractivity contribution >= 4 is 5.91 Å². The van der Waals surface area contributed by atoms with E-state index in [1.54, 1.807) is 0 Å². The molecule has 0 aromatic carbocycles. The Morgan fingerprint density at radius 3 is 2.09 bits per heavy atom. The summed E-state index contributed by atoms with van der Waals surface area (Å²) in [5, 5.41) is 94.1. The van der Waals surface area contributed by atoms with Gasteiger partial charge < -0.3 is 114 Å². The molecular formula is C33H62F2N8O15. The molecule has 5 aliphatic rings. The van der Waals surface area contributed by atoms with E-state index >= 15 is 0 Å². The van der Waals surface area contributed by atoms with Crippen molar-refractivity contribution in [3.05, 3.63) is 0 Å². The topological polar surface area (TPSA) is 400 Å². The summed E-state index contributed by atoms with van der Waals surface area (Å²) < 4.78 is 63.9. The molecule has 23 nitrogen and oxygen atoms in total. The summed E-state index contributed by atoms with van der Waals surface area (Å²) in [7, 11) is 0. The van der Waals surface area contributed by atoms with Crippen molar-refractivity contribution in [2.75, 3.05) is 45.9 Å². The number of piperidine rings is 1. The second-order valence-corrected chi connectivity index (χ2v) is 15.8. The third-order valence-electron chi connectivity index (χ3n) is 11.5. The van der Waals surface area contributed by atoms with Gasteiger partial charge in [0.1, 0.15) is 54.9 Å². The largest absolute Gasteiger partial charge is 0.394 e. The van der Waals surface area contributed by atoms with Gasteiger partial charge >= 0.3 is 0 Å². The van der Waals surface area contributed by atoms with Crippen LogP contribution in [0.25, 0.3) is 0 Å². The van der Waals surface area contributed by atoms with Crippen LogP contribution in [0.2, 0.25) is 0 Å². The second-order valence-electron chi connectivity index (χ2n) is 15.8. The average Bonchev–Trinajstić information content (AvgIpc) is 3.49. The van der Waals surface area contributed by atoms with Gasteiger partial charge in [0.2, 0.25) is 0 Å². The number of alkyl halides is 2. The SMILES string of the molecule is NC[C@@H]1O[C@H](O[C@H]2[C@@H](O)[C@H](O[C@@H]3[C@@H](O)[C@H](NC(=O)C(O)C(F)(F)CN)C[C@H](N)[C@H]3O[C@H]3O[C@H](CNCC4(O)CCNCC4)[C@@H](O)C[C@H]3N)O[C@@H]2CO)[C@H](N)[C@@H](O)[C@@H]1O. The number of carbonyl (C=O) groups is 1. The first kappa shape index (κ1) is 47.5. The molecule has 338 valence electrons. The number of carbonyl (C=O) groups excluding carboxylic acids is 1. The van der Waals surface area contributed by atoms with Crippen LogP contribution in [0.3, 0.4) is 0 Å². The summed E-state index contributed by atoms with van der Waals surface area (Å²) in [6.45, 7) is -0.812. The van der Waals surface area contributed by atoms with Crippen LogP contribution >= 0.6 is 0 Å². The Bertz CT molecular complexity index is 1320. The van der Waals surface area contributed by atoms with Gasteiger partial charge in [-0.1, -0.05) is 0 Å². The van der Waals surface area contributed by atoms with Crippen molar-refractivity contribution in [2.45, 2.75) is 153 Å². The third-order valence-corrected chi connectivity index (χ3v) is 11.5. The van der Waals surface area contributed by atoms with Crippen LogP contribution in [-0.4, -0.2) is 220 Å². The molecule has 1 aliphatic carbocycles. The van der Waals surface area contributed by atoms with Crippen LogP contribution < -0.4 is 44.6 Å². The number of nitrogens with one attached hydrogen (secondary N) is 3. The highest BCUT2D eigenvalue weighted by Gasteiger charge is 2.55. The molecule has 0 spiro atoms. The quantitative estimate of drug-likeness (QED) is 0.0685. The first-order valence-corrected chi connectivity index (χ1v) is 19.5. The molecule has 5 rings (SSSR count). The highest BCUT2D eigenvalue weighted by Crippen LogP contribution is 2.35. The zero-order chi connectivity index (χ0) is 42.7. The summed E-state index contributed by atoms with van der Waals surface area (Å²) in [4.78, 5) is 12.7. The Balaban J connectivity index is 1.34. The van der Waals surface area contributed by atoms with Gasteiger partial charge in [0.25, 0.3) is 11.8 Å². The second kappa shape index (κ2) is 20.1. The number of rotatable bonds is 16. The molecule has 21 N–H and O–H groups in total. The fourth-order valence-corrected chi connectivity index (χ4v) is 7.89. The number of aliphatic hydroxyl groups excluding tert-OH is 7. The Labute approximate surface area is 332 Å². The molecule has 19 atom stereocenters. The summed E-state index contributed by atoms with van der Waals surface area (Å²) >= 11 is 0. The monoisotopic (exact) mass is 848 g/mol. The average molecular weight is 849 g/mol. The van der Waals surface area contributed by atoms with Crippen LogP contribution in [0.1, 0.15) is 25.7 Å². The number of hydrogen-bond acceptors (Lipinski definition) is 22. The van der Waals surface area contributed by atoms with Gasteiger partial charge in [-0.05, 0) is 38.8 Å². The normalized spacial score (nSPS) is 44.2. The number of ether oxygens (including phenoxy) is 6. The van der Waals surface area contributed by atoms with Crippen LogP contribution in [0.5, 0.6) is 0 Å². The summed E-state index contributed by atoms with van der Waals surface area (Å²) in [5.41, 5.74) is 28.6. The first-order chi connectivity index (χ1) is 27.3. The molecule has 1 saturated carbocycles. The van der Waals surface area contributed by atoms with Gasteiger partial charge in [-0.3, -0.25) is 4.79 Å². The molecule has 0 aromatic heterocycles. The maximum atomic E-state index is 14.1. The number of aliphatic hydroxyl groups is 8. The number of nitrogens with two attached hydrogens (primary N) is 5. The van der Waals surface area contributed by atoms with Crippen molar-refractivity contribution in [3.63, 3.8) is 0 Å². The summed E-state index contributed by atoms with van der Waals surface area (Å²) in [6, 6.07) is -4.98. The van der Waals surface area contributed by atoms with Crippen molar-refractivity contribution in [3.8, 4) is 0 Å². The van der Waals surface area contributed by atoms with E-state index < -0.39 is 147 Å². The van der Waals surface area contributed by atoms with E-state index in [2.05, 4.69) is 16.0 Å². The molecule has 4 heterocycles. The standard InChI is InChI=1S/C33H62F2N8O15/c34-33(35,10-37)27(50)28(51)43-14-5-12(38)24(56-29-13(39)6-15(45)17(54-29)8-42-11-32(52)1-3-41-4-2-32)26(20(14)46)58-31-23(49)25(18(9-44)55-31)57-30-19(40)22(48)21(47)16(7-36)53-30/h12-27,29-31,41-42,44-50,52H,1-11,36-40H2,(H,43,51)/t12-,13+,14+,15-,16-,17+,18+,19+,20-,21+,22+,23+,24+,25+,26+,27?,29+,30+,31-/m0/s1. The van der Waals surface area contributed by atoms with Gasteiger partial charge in [-0.25, -0.2) is 8.78 Å². The minimum atomic E-state index is -4.03. The van der Waals surface area contributed by atoms with E-state index in [4.69, 9.17) is 57.1 Å². The van der Waals surface area contributed by atoms with Crippen molar-refractivity contribution in [1.82, 2.24) is 16.0 Å². The van der Waals surface area contributed by atoms with Gasteiger partial charge in [-0.2, -0.15) is 0 Å². The Morgan fingerprint density at radius 1 is 0.828 bits per heavy atom. The zero-order valence-electron chi connectivity index (χ0n) is 31.8. The maximum absolute atomic E-state index is 14.1. The molecule has 0 aromatic rings. The van der Waals surface area contributed by atoms with Crippen molar-refractivity contribution in [2.24, 2.45) is 28.7 Å². The molecule has 58 heavy (non-hydrogen) atoms. The lowest BCUT2D eigenvalue weighted by Crippen LogP contribution is -2.68. The lowest BCUT2D eigenvalue weighted by Gasteiger charge is -2.47. The predicted octanol–water partition coefficient (Wildman–Crippen LogP) is -9.01. The lowest BCUT2D eigenvalue weighted by molar-refractivity contribution is -0.297. The van der Waals surface area contributed by atoms with E-state index in [-0.39, 0.29) is 32.5 Å². The van der Waals surface area contributed by atoms with E-state index in [1.165, 1.54) is 0 Å². The number of amides is 1. The van der Waals surface area contributed by atoms with E-state index in [9.17, 15) is 54.4 Å². The first-order valence-electron chi connectivity index (χ1n) is 19.5. The highest BCUT2D eigenvalue weighted by atomic mass is 19.3. The van der Waals surface area contributed by atoms with Crippen molar-refractivity contribution < 1.29 is 82.8 Å². The molecule has 1 amide bonds. The van der Waals surface area contributed by atoms with Gasteiger partial charge in [0.05, 0.1) is 49.1 Å². The fraction of sp³-hybridized carbons (Fsp3) is 0.970. The summed E-state index contributed by atoms with van der Waals surface area (Å²) in [6.07, 6.45) is -22.4. The molecule has 25 heteroatoms. The van der Waals surface area contributed by atoms with Crippen LogP contribution in [-0.2, 0) is 33.2 Å². The van der Waals surface area contributed by atoms with E-state index in [1.807, 2.05) is 0 Å². The van der Waals surface area contributed by atoms with Crippen molar-refractivity contribution in [1.29, 1.82) is 0 Å². The van der Waals surface area contributed by atoms with Crippen LogP contribution in [0.4, 0.5) is 8.78 Å². The zero-order valence-corrected chi connectivity index (χ0v) is 31.8. The molecule has 1 unspecified atom stereocenters. The third kappa shape index (κ3) is 10.7. The van der Waals surface area contributed by atoms with E-state index in [0.29, 0.717) is 25.9 Å². The Morgan fingerprint density at radius 2 is 1.45 bits per heavy atom. The smallest absolute Gasteiger partial charge is 0.294 e. The molecule has 4 saturated heterocycles. The number of halogens is 2. The molecule has 0 radical (unpaired) electrons. The Hall–Kier alpha value is -1.51. The minimum Gasteiger partial charge on any atom is -0.394 e. The highest BCUT2D eigenvalue weighted by molar-refractivity contribution is 5.82. The fourth-order valence-electron chi connectivity index (χ4n) is 7.89. The molecule has 4 aliphatic heterocycles. The van der Waals surface area contributed by atoms with Gasteiger partial charge in [-0.15, -0.1) is 0 Å². The van der Waals surface area contributed by atoms with Crippen LogP contribution in [0.15, 0.2) is 0 Å².